The summed E-state index contributed by atoms with van der Waals surface area (Å²) < 4.78 is 10.4. The first-order valence-corrected chi connectivity index (χ1v) is 7.34. The van der Waals surface area contributed by atoms with Crippen LogP contribution >= 0.6 is 0 Å². The minimum absolute atomic E-state index is 0.131. The lowest BCUT2D eigenvalue weighted by molar-refractivity contribution is -0.159. The van der Waals surface area contributed by atoms with Gasteiger partial charge in [-0.3, -0.25) is 9.59 Å². The summed E-state index contributed by atoms with van der Waals surface area (Å²) in [5.41, 5.74) is 7.55. The van der Waals surface area contributed by atoms with Gasteiger partial charge in [-0.2, -0.15) is 0 Å². The minimum atomic E-state index is -0.513. The van der Waals surface area contributed by atoms with E-state index in [9.17, 15) is 9.59 Å². The number of nitrogens with zero attached hydrogens (tertiary/aromatic N) is 3. The summed E-state index contributed by atoms with van der Waals surface area (Å²) in [4.78, 5) is 25.9. The molecule has 0 spiro atoms. The van der Waals surface area contributed by atoms with Gasteiger partial charge in [0.05, 0.1) is 19.1 Å². The van der Waals surface area contributed by atoms with Crippen LogP contribution in [0.15, 0.2) is 5.11 Å². The maximum atomic E-state index is 11.7. The summed E-state index contributed by atoms with van der Waals surface area (Å²) in [5, 5.41) is 6.02. The van der Waals surface area contributed by atoms with Gasteiger partial charge in [0.2, 0.25) is 5.91 Å². The van der Waals surface area contributed by atoms with Crippen molar-refractivity contribution in [3.05, 3.63) is 10.4 Å². The molecule has 0 aliphatic heterocycles. The van der Waals surface area contributed by atoms with E-state index in [2.05, 4.69) is 15.3 Å². The zero-order chi connectivity index (χ0) is 17.0. The highest BCUT2D eigenvalue weighted by molar-refractivity contribution is 5.77. The molecule has 0 fully saturated rings. The topological polar surface area (TPSA) is 113 Å². The molecule has 0 saturated carbocycles. The van der Waals surface area contributed by atoms with E-state index >= 15 is 0 Å². The van der Waals surface area contributed by atoms with E-state index in [0.717, 1.165) is 0 Å². The third-order valence-electron chi connectivity index (χ3n) is 2.58. The van der Waals surface area contributed by atoms with Gasteiger partial charge < -0.3 is 14.8 Å². The predicted octanol–water partition coefficient (Wildman–Crippen LogP) is 2.19. The second-order valence-corrected chi connectivity index (χ2v) is 5.89. The van der Waals surface area contributed by atoms with E-state index in [1.165, 1.54) is 0 Å². The zero-order valence-corrected chi connectivity index (χ0v) is 13.8. The second-order valence-electron chi connectivity index (χ2n) is 5.89. The fourth-order valence-corrected chi connectivity index (χ4v) is 1.47. The Balaban J connectivity index is 3.72. The van der Waals surface area contributed by atoms with Crippen LogP contribution < -0.4 is 5.32 Å². The van der Waals surface area contributed by atoms with Crippen molar-refractivity contribution in [3.63, 3.8) is 0 Å². The van der Waals surface area contributed by atoms with Gasteiger partial charge in [0.25, 0.3) is 0 Å². The van der Waals surface area contributed by atoms with Gasteiger partial charge in [-0.1, -0.05) is 12.0 Å². The Morgan fingerprint density at radius 1 is 1.32 bits per heavy atom. The molecule has 1 N–H and O–H groups in total. The van der Waals surface area contributed by atoms with Crippen molar-refractivity contribution < 1.29 is 19.1 Å². The highest BCUT2D eigenvalue weighted by Gasteiger charge is 2.22. The smallest absolute Gasteiger partial charge is 0.309 e. The first kappa shape index (κ1) is 20.2. The SMILES string of the molecule is CC(CCC(=O)NCCOCCN=[N+]=[N-])C(=O)OC(C)(C)C. The van der Waals surface area contributed by atoms with Crippen LogP contribution in [0.2, 0.25) is 0 Å². The molecular weight excluding hydrogens is 288 g/mol. The molecule has 0 saturated heterocycles. The highest BCUT2D eigenvalue weighted by Crippen LogP contribution is 2.14. The highest BCUT2D eigenvalue weighted by atomic mass is 16.6. The van der Waals surface area contributed by atoms with E-state index in [-0.39, 0.29) is 30.8 Å². The molecule has 0 aromatic carbocycles. The molecule has 1 atom stereocenters. The van der Waals surface area contributed by atoms with Crippen molar-refractivity contribution in [2.24, 2.45) is 11.0 Å². The van der Waals surface area contributed by atoms with Crippen molar-refractivity contribution in [1.29, 1.82) is 0 Å². The molecule has 126 valence electrons. The van der Waals surface area contributed by atoms with Crippen LogP contribution in [0.1, 0.15) is 40.5 Å². The van der Waals surface area contributed by atoms with Crippen molar-refractivity contribution in [3.8, 4) is 0 Å². The third-order valence-corrected chi connectivity index (χ3v) is 2.58. The third kappa shape index (κ3) is 12.0. The maximum absolute atomic E-state index is 11.7. The molecule has 0 heterocycles. The monoisotopic (exact) mass is 314 g/mol. The molecule has 8 heteroatoms. The quantitative estimate of drug-likeness (QED) is 0.219. The molecule has 22 heavy (non-hydrogen) atoms. The number of hydrogen-bond acceptors (Lipinski definition) is 5. The average Bonchev–Trinajstić information content (AvgIpc) is 2.41. The van der Waals surface area contributed by atoms with Gasteiger partial charge >= 0.3 is 5.97 Å². The van der Waals surface area contributed by atoms with Gasteiger partial charge in [0, 0.05) is 24.4 Å². The van der Waals surface area contributed by atoms with E-state index in [1.54, 1.807) is 6.92 Å². The number of azide groups is 1. The van der Waals surface area contributed by atoms with Gasteiger partial charge in [0.1, 0.15) is 5.60 Å². The van der Waals surface area contributed by atoms with E-state index in [1.807, 2.05) is 20.8 Å². The average molecular weight is 314 g/mol. The van der Waals surface area contributed by atoms with Crippen LogP contribution in [-0.2, 0) is 19.1 Å². The number of carbonyl (C=O) groups excluding carboxylic acids is 2. The lowest BCUT2D eigenvalue weighted by Crippen LogP contribution is -2.30. The molecular formula is C14H26N4O4. The number of ether oxygens (including phenoxy) is 2. The normalized spacial score (nSPS) is 12.2. The number of hydrogen-bond donors (Lipinski definition) is 1. The second kappa shape index (κ2) is 10.9. The maximum Gasteiger partial charge on any atom is 0.309 e. The van der Waals surface area contributed by atoms with Crippen LogP contribution in [0.5, 0.6) is 0 Å². The first-order chi connectivity index (χ1) is 10.3. The van der Waals surface area contributed by atoms with Crippen molar-refractivity contribution in [2.75, 3.05) is 26.3 Å². The molecule has 1 amide bonds. The number of esters is 1. The fraction of sp³-hybridized carbons (Fsp3) is 0.857. The summed E-state index contributed by atoms with van der Waals surface area (Å²) in [5.74, 6) is -0.735. The van der Waals surface area contributed by atoms with Crippen LogP contribution in [-0.4, -0.2) is 43.8 Å². The number of nitrogens with one attached hydrogen (secondary N) is 1. The Kier molecular flexibility index (Phi) is 9.98. The molecule has 0 bridgehead atoms. The molecule has 8 nitrogen and oxygen atoms in total. The Labute approximate surface area is 131 Å². The molecule has 0 aromatic heterocycles. The molecule has 0 aromatic rings. The van der Waals surface area contributed by atoms with E-state index < -0.39 is 5.60 Å². The minimum Gasteiger partial charge on any atom is -0.460 e. The lowest BCUT2D eigenvalue weighted by Gasteiger charge is -2.22. The van der Waals surface area contributed by atoms with Crippen LogP contribution in [0.25, 0.3) is 10.4 Å². The van der Waals surface area contributed by atoms with Crippen molar-refractivity contribution in [1.82, 2.24) is 5.32 Å². The van der Waals surface area contributed by atoms with Crippen molar-refractivity contribution in [2.45, 2.75) is 46.1 Å². The molecule has 0 rings (SSSR count). The summed E-state index contributed by atoms with van der Waals surface area (Å²) in [6, 6.07) is 0. The Hall–Kier alpha value is -1.79. The van der Waals surface area contributed by atoms with Gasteiger partial charge in [-0.15, -0.1) is 0 Å². The van der Waals surface area contributed by atoms with E-state index in [4.69, 9.17) is 15.0 Å². The number of rotatable bonds is 10. The lowest BCUT2D eigenvalue weighted by atomic mass is 10.1. The molecule has 1 unspecified atom stereocenters. The number of carbonyl (C=O) groups is 2. The first-order valence-electron chi connectivity index (χ1n) is 7.34. The summed E-state index contributed by atoms with van der Waals surface area (Å²) in [6.07, 6.45) is 0.706. The van der Waals surface area contributed by atoms with Crippen LogP contribution in [0, 0.1) is 5.92 Å². The van der Waals surface area contributed by atoms with Gasteiger partial charge in [-0.25, -0.2) is 0 Å². The largest absolute Gasteiger partial charge is 0.460 e. The van der Waals surface area contributed by atoms with Gasteiger partial charge in [0.15, 0.2) is 0 Å². The number of amides is 1. The Morgan fingerprint density at radius 2 is 2.00 bits per heavy atom. The van der Waals surface area contributed by atoms with Gasteiger partial charge in [-0.05, 0) is 32.7 Å². The molecule has 0 aliphatic carbocycles. The molecule has 0 aliphatic rings. The van der Waals surface area contributed by atoms with Crippen LogP contribution in [0.4, 0.5) is 0 Å². The zero-order valence-electron chi connectivity index (χ0n) is 13.8. The standard InChI is InChI=1S/C14H26N4O4/c1-11(13(20)22-14(2,3)4)5-6-12(19)16-7-9-21-10-8-17-18-15/h11H,5-10H2,1-4H3,(H,16,19). The summed E-state index contributed by atoms with van der Waals surface area (Å²) >= 11 is 0. The molecule has 0 radical (unpaired) electrons. The Morgan fingerprint density at radius 3 is 2.59 bits per heavy atom. The fourth-order valence-electron chi connectivity index (χ4n) is 1.47. The summed E-state index contributed by atoms with van der Waals surface area (Å²) in [7, 11) is 0. The van der Waals surface area contributed by atoms with Crippen molar-refractivity contribution >= 4 is 11.9 Å². The Bertz CT molecular complexity index is 400. The van der Waals surface area contributed by atoms with E-state index in [0.29, 0.717) is 26.2 Å². The predicted molar refractivity (Wildman–Crippen MR) is 82.1 cm³/mol. The van der Waals surface area contributed by atoms with Crippen LogP contribution in [0.3, 0.4) is 0 Å². The summed E-state index contributed by atoms with van der Waals surface area (Å²) in [6.45, 7) is 8.53.